The minimum absolute atomic E-state index is 0.0545. The first kappa shape index (κ1) is 14.4. The number of carbonyl (C=O) groups is 1. The van der Waals surface area contributed by atoms with E-state index < -0.39 is 0 Å². The molecule has 108 valence electrons. The van der Waals surface area contributed by atoms with Crippen molar-refractivity contribution in [3.05, 3.63) is 29.8 Å². The number of hydrogen-bond acceptors (Lipinski definition) is 4. The Labute approximate surface area is 118 Å². The molecule has 0 bridgehead atoms. The molecule has 0 atom stereocenters. The molecule has 0 aromatic heterocycles. The van der Waals surface area contributed by atoms with E-state index in [1.165, 1.54) is 0 Å². The zero-order valence-electron chi connectivity index (χ0n) is 11.6. The molecule has 5 heteroatoms. The van der Waals surface area contributed by atoms with Crippen molar-refractivity contribution in [2.75, 3.05) is 6.61 Å². The van der Waals surface area contributed by atoms with Crippen molar-refractivity contribution in [1.29, 1.82) is 0 Å². The van der Waals surface area contributed by atoms with Gasteiger partial charge in [-0.1, -0.05) is 17.3 Å². The number of oxime groups is 1. The number of nitrogens with zero attached hydrogens (tertiary/aromatic N) is 1. The highest BCUT2D eigenvalue weighted by Crippen LogP contribution is 2.18. The van der Waals surface area contributed by atoms with Crippen LogP contribution in [0.4, 0.5) is 0 Å². The van der Waals surface area contributed by atoms with Crippen molar-refractivity contribution in [3.63, 3.8) is 0 Å². The molecule has 0 radical (unpaired) electrons. The first-order valence-corrected chi connectivity index (χ1v) is 6.86. The second kappa shape index (κ2) is 6.93. The van der Waals surface area contributed by atoms with E-state index in [4.69, 9.17) is 9.94 Å². The molecule has 1 aromatic rings. The Hall–Kier alpha value is -2.04. The summed E-state index contributed by atoms with van der Waals surface area (Å²) >= 11 is 0. The van der Waals surface area contributed by atoms with Crippen LogP contribution < -0.4 is 10.1 Å². The average Bonchev–Trinajstić information content (AvgIpc) is 3.24. The van der Waals surface area contributed by atoms with Gasteiger partial charge in [-0.2, -0.15) is 0 Å². The third-order valence-electron chi connectivity index (χ3n) is 3.09. The summed E-state index contributed by atoms with van der Waals surface area (Å²) in [4.78, 5) is 11.5. The maximum Gasteiger partial charge on any atom is 0.223 e. The van der Waals surface area contributed by atoms with Crippen LogP contribution in [0.5, 0.6) is 5.75 Å². The SMILES string of the molecule is C/C(Cc1ccc(OCCC(=O)NC2CC2)cc1)=N/O. The first-order valence-electron chi connectivity index (χ1n) is 6.86. The molecule has 20 heavy (non-hydrogen) atoms. The van der Waals surface area contributed by atoms with E-state index in [9.17, 15) is 4.79 Å². The standard InChI is InChI=1S/C15H20N2O3/c1-11(17-19)10-12-2-6-14(7-3-12)20-9-8-15(18)16-13-4-5-13/h2-3,6-7,13,19H,4-5,8-10H2,1H3,(H,16,18)/b17-11-. The third kappa shape index (κ3) is 4.91. The Morgan fingerprint density at radius 1 is 1.40 bits per heavy atom. The molecule has 2 rings (SSSR count). The first-order chi connectivity index (χ1) is 9.67. The molecule has 0 aliphatic heterocycles. The van der Waals surface area contributed by atoms with E-state index in [1.54, 1.807) is 6.92 Å². The van der Waals surface area contributed by atoms with Crippen LogP contribution in [0.3, 0.4) is 0 Å². The molecule has 0 saturated heterocycles. The molecule has 2 N–H and O–H groups in total. The summed E-state index contributed by atoms with van der Waals surface area (Å²) in [5.74, 6) is 0.797. The fourth-order valence-corrected chi connectivity index (χ4v) is 1.82. The highest BCUT2D eigenvalue weighted by molar-refractivity contribution is 5.83. The second-order valence-corrected chi connectivity index (χ2v) is 5.10. The predicted octanol–water partition coefficient (Wildman–Crippen LogP) is 2.13. The van der Waals surface area contributed by atoms with Crippen molar-refractivity contribution in [2.24, 2.45) is 5.16 Å². The lowest BCUT2D eigenvalue weighted by atomic mass is 10.1. The molecule has 1 amide bonds. The van der Waals surface area contributed by atoms with Gasteiger partial charge >= 0.3 is 0 Å². The van der Waals surface area contributed by atoms with Gasteiger partial charge < -0.3 is 15.3 Å². The van der Waals surface area contributed by atoms with Crippen molar-refractivity contribution in [2.45, 2.75) is 38.6 Å². The number of nitrogens with one attached hydrogen (secondary N) is 1. The summed E-state index contributed by atoms with van der Waals surface area (Å²) in [6.45, 7) is 2.15. The largest absolute Gasteiger partial charge is 0.493 e. The lowest BCUT2D eigenvalue weighted by molar-refractivity contribution is -0.121. The van der Waals surface area contributed by atoms with E-state index in [0.29, 0.717) is 31.2 Å². The Morgan fingerprint density at radius 2 is 2.10 bits per heavy atom. The fourth-order valence-electron chi connectivity index (χ4n) is 1.82. The number of amides is 1. The second-order valence-electron chi connectivity index (χ2n) is 5.10. The normalized spacial score (nSPS) is 14.9. The van der Waals surface area contributed by atoms with Crippen LogP contribution in [-0.2, 0) is 11.2 Å². The van der Waals surface area contributed by atoms with E-state index in [2.05, 4.69) is 10.5 Å². The summed E-state index contributed by atoms with van der Waals surface area (Å²) in [5, 5.41) is 14.7. The van der Waals surface area contributed by atoms with E-state index >= 15 is 0 Å². The van der Waals surface area contributed by atoms with Gasteiger partial charge in [0.2, 0.25) is 5.91 Å². The number of hydrogen-bond donors (Lipinski definition) is 2. The number of benzene rings is 1. The van der Waals surface area contributed by atoms with Crippen LogP contribution in [0, 0.1) is 0 Å². The van der Waals surface area contributed by atoms with Crippen LogP contribution in [0.2, 0.25) is 0 Å². The van der Waals surface area contributed by atoms with Crippen LogP contribution in [0.25, 0.3) is 0 Å². The number of carbonyl (C=O) groups excluding carboxylic acids is 1. The smallest absolute Gasteiger partial charge is 0.223 e. The van der Waals surface area contributed by atoms with Crippen LogP contribution in [0.1, 0.15) is 31.7 Å². The van der Waals surface area contributed by atoms with E-state index in [-0.39, 0.29) is 5.91 Å². The van der Waals surface area contributed by atoms with Crippen molar-refractivity contribution in [1.82, 2.24) is 5.32 Å². The van der Waals surface area contributed by atoms with Crippen molar-refractivity contribution < 1.29 is 14.7 Å². The molecule has 1 aliphatic carbocycles. The van der Waals surface area contributed by atoms with Crippen molar-refractivity contribution in [3.8, 4) is 5.75 Å². The fraction of sp³-hybridized carbons (Fsp3) is 0.467. The van der Waals surface area contributed by atoms with Crippen LogP contribution >= 0.6 is 0 Å². The Bertz CT molecular complexity index is 478. The predicted molar refractivity (Wildman–Crippen MR) is 76.3 cm³/mol. The van der Waals surface area contributed by atoms with Gasteiger partial charge in [0.25, 0.3) is 0 Å². The summed E-state index contributed by atoms with van der Waals surface area (Å²) < 4.78 is 5.52. The summed E-state index contributed by atoms with van der Waals surface area (Å²) in [5.41, 5.74) is 1.72. The van der Waals surface area contributed by atoms with E-state index in [1.807, 2.05) is 24.3 Å². The quantitative estimate of drug-likeness (QED) is 0.455. The number of rotatable bonds is 7. The number of ether oxygens (including phenoxy) is 1. The molecule has 0 unspecified atom stereocenters. The monoisotopic (exact) mass is 276 g/mol. The van der Waals surface area contributed by atoms with Gasteiger partial charge in [0.15, 0.2) is 0 Å². The molecule has 1 fully saturated rings. The lowest BCUT2D eigenvalue weighted by Gasteiger charge is -2.07. The zero-order chi connectivity index (χ0) is 14.4. The van der Waals surface area contributed by atoms with Gasteiger partial charge in [0.1, 0.15) is 5.75 Å². The van der Waals surface area contributed by atoms with Crippen LogP contribution in [-0.4, -0.2) is 29.5 Å². The topological polar surface area (TPSA) is 70.9 Å². The molecule has 0 spiro atoms. The average molecular weight is 276 g/mol. The Balaban J connectivity index is 1.71. The van der Waals surface area contributed by atoms with Gasteiger partial charge in [-0.15, -0.1) is 0 Å². The molecule has 1 aliphatic rings. The molecule has 1 aromatic carbocycles. The highest BCUT2D eigenvalue weighted by atomic mass is 16.5. The molecular weight excluding hydrogens is 256 g/mol. The van der Waals surface area contributed by atoms with Crippen LogP contribution in [0.15, 0.2) is 29.4 Å². The molecule has 1 saturated carbocycles. The van der Waals surface area contributed by atoms with Crippen molar-refractivity contribution >= 4 is 11.6 Å². The molecular formula is C15H20N2O3. The van der Waals surface area contributed by atoms with Gasteiger partial charge in [0, 0.05) is 12.5 Å². The molecule has 0 heterocycles. The van der Waals surface area contributed by atoms with Gasteiger partial charge in [-0.05, 0) is 37.5 Å². The van der Waals surface area contributed by atoms with Gasteiger partial charge in [-0.25, -0.2) is 0 Å². The third-order valence-corrected chi connectivity index (χ3v) is 3.09. The van der Waals surface area contributed by atoms with Gasteiger partial charge in [-0.3, -0.25) is 4.79 Å². The summed E-state index contributed by atoms with van der Waals surface area (Å²) in [7, 11) is 0. The lowest BCUT2D eigenvalue weighted by Crippen LogP contribution is -2.26. The summed E-state index contributed by atoms with van der Waals surface area (Å²) in [6.07, 6.45) is 3.20. The minimum atomic E-state index is 0.0545. The van der Waals surface area contributed by atoms with E-state index in [0.717, 1.165) is 24.2 Å². The molecule has 5 nitrogen and oxygen atoms in total. The highest BCUT2D eigenvalue weighted by Gasteiger charge is 2.22. The maximum absolute atomic E-state index is 11.5. The minimum Gasteiger partial charge on any atom is -0.493 e. The summed E-state index contributed by atoms with van der Waals surface area (Å²) in [6, 6.07) is 7.97. The Kier molecular flexibility index (Phi) is 4.98. The maximum atomic E-state index is 11.5. The van der Waals surface area contributed by atoms with Gasteiger partial charge in [0.05, 0.1) is 18.7 Å². The Morgan fingerprint density at radius 3 is 2.70 bits per heavy atom. The zero-order valence-corrected chi connectivity index (χ0v) is 11.6.